The van der Waals surface area contributed by atoms with Crippen molar-refractivity contribution in [1.29, 1.82) is 0 Å². The predicted octanol–water partition coefficient (Wildman–Crippen LogP) is 3.91. The fourth-order valence-corrected chi connectivity index (χ4v) is 3.53. The summed E-state index contributed by atoms with van der Waals surface area (Å²) in [5, 5.41) is 7.77. The molecule has 1 amide bonds. The van der Waals surface area contributed by atoms with E-state index in [2.05, 4.69) is 27.3 Å². The van der Waals surface area contributed by atoms with Gasteiger partial charge in [-0.1, -0.05) is 48.7 Å². The Balaban J connectivity index is 1.45. The van der Waals surface area contributed by atoms with Crippen LogP contribution in [0.25, 0.3) is 11.4 Å². The minimum Gasteiger partial charge on any atom is -0.356 e. The second-order valence-corrected chi connectivity index (χ2v) is 7.51. The van der Waals surface area contributed by atoms with Crippen molar-refractivity contribution in [2.24, 2.45) is 5.92 Å². The Bertz CT molecular complexity index is 741. The van der Waals surface area contributed by atoms with Gasteiger partial charge in [0.25, 0.3) is 0 Å². The third-order valence-corrected chi connectivity index (χ3v) is 5.18. The van der Waals surface area contributed by atoms with E-state index < -0.39 is 0 Å². The van der Waals surface area contributed by atoms with E-state index in [1.54, 1.807) is 0 Å². The van der Waals surface area contributed by atoms with E-state index in [-0.39, 0.29) is 11.8 Å². The minimum atomic E-state index is 0.118. The third-order valence-electron chi connectivity index (χ3n) is 4.95. The highest BCUT2D eigenvalue weighted by Gasteiger charge is 2.25. The van der Waals surface area contributed by atoms with Gasteiger partial charge >= 0.3 is 0 Å². The van der Waals surface area contributed by atoms with Gasteiger partial charge < -0.3 is 9.84 Å². The van der Waals surface area contributed by atoms with E-state index in [0.29, 0.717) is 23.3 Å². The molecule has 2 aromatic rings. The smallest absolute Gasteiger partial charge is 0.241 e. The molecule has 0 aliphatic carbocycles. The Hall–Kier alpha value is -1.92. The van der Waals surface area contributed by atoms with Crippen LogP contribution in [0, 0.1) is 5.92 Å². The summed E-state index contributed by atoms with van der Waals surface area (Å²) in [6.45, 7) is 5.29. The van der Waals surface area contributed by atoms with Crippen LogP contribution in [-0.4, -0.2) is 40.6 Å². The number of benzene rings is 1. The monoisotopic (exact) mass is 390 g/mol. The molecule has 27 heavy (non-hydrogen) atoms. The van der Waals surface area contributed by atoms with E-state index in [1.807, 2.05) is 24.3 Å². The number of nitrogens with zero attached hydrogens (tertiary/aromatic N) is 3. The molecule has 0 radical (unpaired) electrons. The first-order valence-corrected chi connectivity index (χ1v) is 10.1. The molecule has 1 N–H and O–H groups in total. The molecule has 0 saturated carbocycles. The van der Waals surface area contributed by atoms with Crippen LogP contribution < -0.4 is 5.32 Å². The van der Waals surface area contributed by atoms with Crippen molar-refractivity contribution < 1.29 is 9.32 Å². The van der Waals surface area contributed by atoms with Crippen molar-refractivity contribution in [3.63, 3.8) is 0 Å². The third kappa shape index (κ3) is 5.78. The van der Waals surface area contributed by atoms with Gasteiger partial charge in [0.1, 0.15) is 0 Å². The molecule has 1 aliphatic heterocycles. The second-order valence-electron chi connectivity index (χ2n) is 7.07. The number of unbranched alkanes of at least 4 members (excludes halogenated alkanes) is 2. The highest BCUT2D eigenvalue weighted by atomic mass is 35.5. The van der Waals surface area contributed by atoms with Gasteiger partial charge in [-0.05, 0) is 44.5 Å². The molecule has 0 bridgehead atoms. The Labute approximate surface area is 165 Å². The van der Waals surface area contributed by atoms with Crippen molar-refractivity contribution in [1.82, 2.24) is 20.4 Å². The van der Waals surface area contributed by atoms with Gasteiger partial charge in [0.15, 0.2) is 0 Å². The van der Waals surface area contributed by atoms with Crippen LogP contribution in [0.5, 0.6) is 0 Å². The number of amides is 1. The van der Waals surface area contributed by atoms with Gasteiger partial charge in [0, 0.05) is 23.0 Å². The normalized spacial score (nSPS) is 15.8. The molecule has 6 nitrogen and oxygen atoms in total. The number of halogens is 1. The highest BCUT2D eigenvalue weighted by Crippen LogP contribution is 2.22. The Morgan fingerprint density at radius 2 is 2.15 bits per heavy atom. The lowest BCUT2D eigenvalue weighted by Gasteiger charge is -2.30. The van der Waals surface area contributed by atoms with Gasteiger partial charge in [0.05, 0.1) is 6.54 Å². The number of carbonyl (C=O) groups is 1. The summed E-state index contributed by atoms with van der Waals surface area (Å²) in [5.74, 6) is 1.46. The lowest BCUT2D eigenvalue weighted by Crippen LogP contribution is -2.40. The van der Waals surface area contributed by atoms with E-state index in [0.717, 1.165) is 44.5 Å². The first-order chi connectivity index (χ1) is 13.2. The lowest BCUT2D eigenvalue weighted by molar-refractivity contribution is -0.126. The van der Waals surface area contributed by atoms with Gasteiger partial charge in [-0.3, -0.25) is 9.69 Å². The average Bonchev–Trinajstić information content (AvgIpc) is 3.14. The van der Waals surface area contributed by atoms with E-state index in [4.69, 9.17) is 16.1 Å². The molecule has 7 heteroatoms. The number of hydrogen-bond acceptors (Lipinski definition) is 5. The van der Waals surface area contributed by atoms with Crippen molar-refractivity contribution in [2.75, 3.05) is 19.6 Å². The summed E-state index contributed by atoms with van der Waals surface area (Å²) in [4.78, 5) is 19.0. The standard InChI is InChI=1S/C20H27ClN4O2/c1-2-3-4-10-22-20(26)15-8-11-25(12-9-15)14-18-23-19(24-27-18)16-6-5-7-17(21)13-16/h5-7,13,15H,2-4,8-12,14H2,1H3,(H,22,26). The summed E-state index contributed by atoms with van der Waals surface area (Å²) in [5.41, 5.74) is 0.843. The van der Waals surface area contributed by atoms with Crippen molar-refractivity contribution >= 4 is 17.5 Å². The lowest BCUT2D eigenvalue weighted by atomic mass is 9.96. The molecule has 1 fully saturated rings. The highest BCUT2D eigenvalue weighted by molar-refractivity contribution is 6.30. The van der Waals surface area contributed by atoms with E-state index in [9.17, 15) is 4.79 Å². The number of piperidine rings is 1. The number of aromatic nitrogens is 2. The van der Waals surface area contributed by atoms with Crippen molar-refractivity contribution in [3.8, 4) is 11.4 Å². The summed E-state index contributed by atoms with van der Waals surface area (Å²) in [6, 6.07) is 7.41. The molecular formula is C20H27ClN4O2. The minimum absolute atomic E-state index is 0.118. The Morgan fingerprint density at radius 1 is 1.33 bits per heavy atom. The Morgan fingerprint density at radius 3 is 2.89 bits per heavy atom. The fraction of sp³-hybridized carbons (Fsp3) is 0.550. The molecule has 1 aromatic carbocycles. The van der Waals surface area contributed by atoms with Crippen LogP contribution >= 0.6 is 11.6 Å². The van der Waals surface area contributed by atoms with E-state index in [1.165, 1.54) is 12.8 Å². The van der Waals surface area contributed by atoms with Gasteiger partial charge in [-0.2, -0.15) is 4.98 Å². The van der Waals surface area contributed by atoms with Crippen LogP contribution in [0.15, 0.2) is 28.8 Å². The van der Waals surface area contributed by atoms with E-state index >= 15 is 0 Å². The molecule has 146 valence electrons. The molecule has 0 atom stereocenters. The molecule has 2 heterocycles. The number of nitrogens with one attached hydrogen (secondary N) is 1. The molecule has 1 aromatic heterocycles. The van der Waals surface area contributed by atoms with Crippen LogP contribution in [0.4, 0.5) is 0 Å². The van der Waals surface area contributed by atoms with Gasteiger partial charge in [-0.25, -0.2) is 0 Å². The maximum absolute atomic E-state index is 12.2. The number of rotatable bonds is 8. The quantitative estimate of drug-likeness (QED) is 0.692. The summed E-state index contributed by atoms with van der Waals surface area (Å²) < 4.78 is 5.39. The molecular weight excluding hydrogens is 364 g/mol. The van der Waals surface area contributed by atoms with Crippen LogP contribution in [-0.2, 0) is 11.3 Å². The average molecular weight is 391 g/mol. The number of likely N-dealkylation sites (tertiary alicyclic amines) is 1. The molecule has 1 saturated heterocycles. The first kappa shape index (κ1) is 19.8. The molecule has 1 aliphatic rings. The zero-order valence-electron chi connectivity index (χ0n) is 15.8. The van der Waals surface area contributed by atoms with Crippen LogP contribution in [0.2, 0.25) is 5.02 Å². The van der Waals surface area contributed by atoms with Crippen molar-refractivity contribution in [2.45, 2.75) is 45.6 Å². The zero-order valence-corrected chi connectivity index (χ0v) is 16.5. The van der Waals surface area contributed by atoms with Gasteiger partial charge in [-0.15, -0.1) is 0 Å². The maximum Gasteiger partial charge on any atom is 0.241 e. The molecule has 3 rings (SSSR count). The largest absolute Gasteiger partial charge is 0.356 e. The van der Waals surface area contributed by atoms with Crippen molar-refractivity contribution in [3.05, 3.63) is 35.2 Å². The van der Waals surface area contributed by atoms with Crippen LogP contribution in [0.3, 0.4) is 0 Å². The molecule has 0 spiro atoms. The number of carbonyl (C=O) groups excluding carboxylic acids is 1. The Kier molecular flexibility index (Phi) is 7.24. The van der Waals surface area contributed by atoms with Crippen LogP contribution in [0.1, 0.15) is 44.9 Å². The summed E-state index contributed by atoms with van der Waals surface area (Å²) >= 11 is 6.02. The maximum atomic E-state index is 12.2. The fourth-order valence-electron chi connectivity index (χ4n) is 3.34. The first-order valence-electron chi connectivity index (χ1n) is 9.74. The second kappa shape index (κ2) is 9.85. The predicted molar refractivity (Wildman–Crippen MR) is 105 cm³/mol. The topological polar surface area (TPSA) is 71.3 Å². The summed E-state index contributed by atoms with van der Waals surface area (Å²) in [6.07, 6.45) is 5.14. The van der Waals surface area contributed by atoms with Gasteiger partial charge in [0.2, 0.25) is 17.6 Å². The summed E-state index contributed by atoms with van der Waals surface area (Å²) in [7, 11) is 0. The SMILES string of the molecule is CCCCCNC(=O)C1CCN(Cc2nc(-c3cccc(Cl)c3)no2)CC1. The molecule has 0 unspecified atom stereocenters. The zero-order chi connectivity index (χ0) is 19.1. The number of hydrogen-bond donors (Lipinski definition) is 1.